The summed E-state index contributed by atoms with van der Waals surface area (Å²) in [5, 5.41) is 0. The Morgan fingerprint density at radius 3 is 2.29 bits per heavy atom. The van der Waals surface area contributed by atoms with Gasteiger partial charge in [-0.3, -0.25) is 4.79 Å². The summed E-state index contributed by atoms with van der Waals surface area (Å²) in [6, 6.07) is 5.57. The van der Waals surface area contributed by atoms with Crippen LogP contribution < -0.4 is 10.6 Å². The van der Waals surface area contributed by atoms with Crippen molar-refractivity contribution in [2.75, 3.05) is 31.1 Å². The van der Waals surface area contributed by atoms with Crippen LogP contribution in [0.15, 0.2) is 18.2 Å². The van der Waals surface area contributed by atoms with Crippen molar-refractivity contribution in [1.29, 1.82) is 0 Å². The number of carbonyl (C=O) groups excluding carboxylic acids is 2. The standard InChI is InChI=1S/C18H27N3O3/c1-5-13-12-14(16(19)22)6-7-15(13)20-8-10-21(11-9-20)17(23)24-18(2,3)4/h6-7,12H,5,8-11H2,1-4H3,(H2,19,22). The van der Waals surface area contributed by atoms with Gasteiger partial charge in [-0.1, -0.05) is 6.92 Å². The van der Waals surface area contributed by atoms with Crippen molar-refractivity contribution in [3.05, 3.63) is 29.3 Å². The second kappa shape index (κ2) is 7.11. The summed E-state index contributed by atoms with van der Waals surface area (Å²) >= 11 is 0. The highest BCUT2D eigenvalue weighted by Crippen LogP contribution is 2.24. The van der Waals surface area contributed by atoms with Crippen molar-refractivity contribution in [3.63, 3.8) is 0 Å². The van der Waals surface area contributed by atoms with Gasteiger partial charge >= 0.3 is 6.09 Å². The molecular formula is C18H27N3O3. The fourth-order valence-electron chi connectivity index (χ4n) is 2.79. The number of nitrogens with zero attached hydrogens (tertiary/aromatic N) is 2. The van der Waals surface area contributed by atoms with E-state index in [1.807, 2.05) is 32.9 Å². The van der Waals surface area contributed by atoms with Crippen molar-refractivity contribution < 1.29 is 14.3 Å². The van der Waals surface area contributed by atoms with Crippen LogP contribution in [-0.2, 0) is 11.2 Å². The van der Waals surface area contributed by atoms with Crippen LogP contribution in [0.3, 0.4) is 0 Å². The van der Waals surface area contributed by atoms with Crippen molar-refractivity contribution >= 4 is 17.7 Å². The fourth-order valence-corrected chi connectivity index (χ4v) is 2.79. The summed E-state index contributed by atoms with van der Waals surface area (Å²) in [4.78, 5) is 27.5. The smallest absolute Gasteiger partial charge is 0.410 e. The van der Waals surface area contributed by atoms with E-state index in [0.29, 0.717) is 18.7 Å². The molecule has 2 amide bonds. The van der Waals surface area contributed by atoms with Crippen molar-refractivity contribution in [3.8, 4) is 0 Å². The Hall–Kier alpha value is -2.24. The minimum atomic E-state index is -0.478. The summed E-state index contributed by atoms with van der Waals surface area (Å²) in [6.45, 7) is 10.4. The fraction of sp³-hybridized carbons (Fsp3) is 0.556. The summed E-state index contributed by atoms with van der Waals surface area (Å²) in [6.07, 6.45) is 0.560. The molecule has 0 unspecified atom stereocenters. The number of anilines is 1. The molecule has 2 rings (SSSR count). The Kier molecular flexibility index (Phi) is 5.36. The zero-order chi connectivity index (χ0) is 17.9. The monoisotopic (exact) mass is 333 g/mol. The molecule has 0 aromatic heterocycles. The number of primary amides is 1. The first kappa shape index (κ1) is 18.1. The molecule has 1 aliphatic rings. The van der Waals surface area contributed by atoms with Gasteiger partial charge in [-0.15, -0.1) is 0 Å². The molecule has 1 aromatic rings. The molecule has 0 spiro atoms. The summed E-state index contributed by atoms with van der Waals surface area (Å²) in [5.74, 6) is -0.411. The third-order valence-electron chi connectivity index (χ3n) is 4.02. The molecule has 1 aliphatic heterocycles. The normalized spacial score (nSPS) is 15.3. The van der Waals surface area contributed by atoms with E-state index in [-0.39, 0.29) is 6.09 Å². The Morgan fingerprint density at radius 1 is 1.17 bits per heavy atom. The van der Waals surface area contributed by atoms with Gasteiger partial charge in [-0.05, 0) is 51.0 Å². The minimum Gasteiger partial charge on any atom is -0.444 e. The van der Waals surface area contributed by atoms with Crippen molar-refractivity contribution in [2.24, 2.45) is 5.73 Å². The number of amides is 2. The average molecular weight is 333 g/mol. The SMILES string of the molecule is CCc1cc(C(N)=O)ccc1N1CCN(C(=O)OC(C)(C)C)CC1. The number of carbonyl (C=O) groups is 2. The van der Waals surface area contributed by atoms with Gasteiger partial charge < -0.3 is 20.3 Å². The van der Waals surface area contributed by atoms with Crippen LogP contribution in [0.1, 0.15) is 43.6 Å². The largest absolute Gasteiger partial charge is 0.444 e. The zero-order valence-electron chi connectivity index (χ0n) is 15.0. The highest BCUT2D eigenvalue weighted by molar-refractivity contribution is 5.93. The van der Waals surface area contributed by atoms with E-state index in [2.05, 4.69) is 11.8 Å². The van der Waals surface area contributed by atoms with Crippen molar-refractivity contribution in [2.45, 2.75) is 39.7 Å². The molecule has 24 heavy (non-hydrogen) atoms. The topological polar surface area (TPSA) is 75.9 Å². The van der Waals surface area contributed by atoms with E-state index in [1.165, 1.54) is 0 Å². The van der Waals surface area contributed by atoms with Gasteiger partial charge in [0.05, 0.1) is 0 Å². The number of hydrogen-bond acceptors (Lipinski definition) is 4. The molecule has 0 radical (unpaired) electrons. The van der Waals surface area contributed by atoms with Gasteiger partial charge in [0, 0.05) is 37.4 Å². The molecule has 1 saturated heterocycles. The van der Waals surface area contributed by atoms with E-state index in [0.717, 1.165) is 30.8 Å². The predicted octanol–water partition coefficient (Wildman–Crippen LogP) is 2.41. The van der Waals surface area contributed by atoms with E-state index in [4.69, 9.17) is 10.5 Å². The lowest BCUT2D eigenvalue weighted by atomic mass is 10.0. The number of aryl methyl sites for hydroxylation is 1. The molecule has 2 N–H and O–H groups in total. The maximum atomic E-state index is 12.1. The summed E-state index contributed by atoms with van der Waals surface area (Å²) < 4.78 is 5.42. The van der Waals surface area contributed by atoms with Gasteiger partial charge in [-0.2, -0.15) is 0 Å². The lowest BCUT2D eigenvalue weighted by Gasteiger charge is -2.37. The number of benzene rings is 1. The Bertz CT molecular complexity index is 614. The second-order valence-electron chi connectivity index (χ2n) is 7.02. The van der Waals surface area contributed by atoms with Crippen LogP contribution in [0.2, 0.25) is 0 Å². The van der Waals surface area contributed by atoms with Crippen LogP contribution in [-0.4, -0.2) is 48.7 Å². The van der Waals surface area contributed by atoms with E-state index in [1.54, 1.807) is 11.0 Å². The Morgan fingerprint density at radius 2 is 1.79 bits per heavy atom. The van der Waals surface area contributed by atoms with E-state index >= 15 is 0 Å². The number of rotatable bonds is 3. The highest BCUT2D eigenvalue weighted by atomic mass is 16.6. The number of hydrogen-bond donors (Lipinski definition) is 1. The van der Waals surface area contributed by atoms with Crippen LogP contribution in [0, 0.1) is 0 Å². The lowest BCUT2D eigenvalue weighted by molar-refractivity contribution is 0.0240. The van der Waals surface area contributed by atoms with Gasteiger partial charge in [0.15, 0.2) is 0 Å². The van der Waals surface area contributed by atoms with Gasteiger partial charge in [0.25, 0.3) is 0 Å². The maximum Gasteiger partial charge on any atom is 0.410 e. The molecule has 1 fully saturated rings. The minimum absolute atomic E-state index is 0.262. The van der Waals surface area contributed by atoms with E-state index in [9.17, 15) is 9.59 Å². The first-order chi connectivity index (χ1) is 11.2. The summed E-state index contributed by atoms with van der Waals surface area (Å²) in [7, 11) is 0. The molecule has 6 heteroatoms. The van der Waals surface area contributed by atoms with Gasteiger partial charge in [0.1, 0.15) is 5.60 Å². The van der Waals surface area contributed by atoms with Crippen LogP contribution in [0.5, 0.6) is 0 Å². The molecule has 0 atom stereocenters. The molecule has 0 saturated carbocycles. The molecule has 1 aromatic carbocycles. The second-order valence-corrected chi connectivity index (χ2v) is 7.02. The quantitative estimate of drug-likeness (QED) is 0.921. The molecular weight excluding hydrogens is 306 g/mol. The van der Waals surface area contributed by atoms with Crippen LogP contribution in [0.25, 0.3) is 0 Å². The number of piperazine rings is 1. The highest BCUT2D eigenvalue weighted by Gasteiger charge is 2.26. The maximum absolute atomic E-state index is 12.1. The molecule has 6 nitrogen and oxygen atoms in total. The molecule has 0 aliphatic carbocycles. The lowest BCUT2D eigenvalue weighted by Crippen LogP contribution is -2.50. The third kappa shape index (κ3) is 4.40. The number of ether oxygens (including phenoxy) is 1. The van der Waals surface area contributed by atoms with Gasteiger partial charge in [-0.25, -0.2) is 4.79 Å². The number of nitrogens with two attached hydrogens (primary N) is 1. The van der Waals surface area contributed by atoms with E-state index < -0.39 is 11.5 Å². The van der Waals surface area contributed by atoms with Crippen molar-refractivity contribution in [1.82, 2.24) is 4.90 Å². The zero-order valence-corrected chi connectivity index (χ0v) is 15.0. The van der Waals surface area contributed by atoms with Crippen LogP contribution in [0.4, 0.5) is 10.5 Å². The first-order valence-electron chi connectivity index (χ1n) is 8.37. The molecule has 1 heterocycles. The predicted molar refractivity (Wildman–Crippen MR) is 94.4 cm³/mol. The van der Waals surface area contributed by atoms with Crippen LogP contribution >= 0.6 is 0 Å². The Labute approximate surface area is 143 Å². The van der Waals surface area contributed by atoms with Gasteiger partial charge in [0.2, 0.25) is 5.91 Å². The average Bonchev–Trinajstić information content (AvgIpc) is 2.52. The Balaban J connectivity index is 2.04. The molecule has 132 valence electrons. The third-order valence-corrected chi connectivity index (χ3v) is 4.02. The summed E-state index contributed by atoms with van der Waals surface area (Å²) in [5.41, 5.74) is 7.61. The first-order valence-corrected chi connectivity index (χ1v) is 8.37. The molecule has 0 bridgehead atoms.